The summed E-state index contributed by atoms with van der Waals surface area (Å²) >= 11 is 0. The summed E-state index contributed by atoms with van der Waals surface area (Å²) in [5.74, 6) is -5.04. The summed E-state index contributed by atoms with van der Waals surface area (Å²) in [5.41, 5.74) is -1.49. The summed E-state index contributed by atoms with van der Waals surface area (Å²) in [6.07, 6.45) is 0. The minimum atomic E-state index is -2.92. The van der Waals surface area contributed by atoms with Crippen molar-refractivity contribution in [3.8, 4) is 0 Å². The lowest BCUT2D eigenvalue weighted by Gasteiger charge is -2.28. The molecule has 0 saturated carbocycles. The van der Waals surface area contributed by atoms with Crippen LogP contribution >= 0.6 is 0 Å². The summed E-state index contributed by atoms with van der Waals surface area (Å²) in [6, 6.07) is 0. The van der Waals surface area contributed by atoms with E-state index >= 15 is 0 Å². The Kier molecular flexibility index (Phi) is 2.78. The van der Waals surface area contributed by atoms with Gasteiger partial charge in [0, 0.05) is 0 Å². The molecule has 1 aliphatic rings. The van der Waals surface area contributed by atoms with Gasteiger partial charge in [-0.25, -0.2) is 9.80 Å². The maximum atomic E-state index is 11.6. The molecule has 0 unspecified atom stereocenters. The van der Waals surface area contributed by atoms with Crippen molar-refractivity contribution < 1.29 is 24.5 Å². The van der Waals surface area contributed by atoms with E-state index in [4.69, 9.17) is 0 Å². The van der Waals surface area contributed by atoms with Gasteiger partial charge in [0.1, 0.15) is 0 Å². The van der Waals surface area contributed by atoms with E-state index in [1.54, 1.807) is 20.8 Å². The molecule has 16 heavy (non-hydrogen) atoms. The molecule has 90 valence electrons. The molecule has 1 aliphatic heterocycles. The molecule has 0 aromatic carbocycles. The number of ether oxygens (including phenoxy) is 1. The smallest absolute Gasteiger partial charge is 0.360 e. The van der Waals surface area contributed by atoms with E-state index in [2.05, 4.69) is 9.84 Å². The highest BCUT2D eigenvalue weighted by atomic mass is 16.5. The van der Waals surface area contributed by atoms with Crippen molar-refractivity contribution in [2.45, 2.75) is 32.1 Å². The third-order valence-electron chi connectivity index (χ3n) is 2.03. The number of hydrazone groups is 1. The highest BCUT2D eigenvalue weighted by Crippen LogP contribution is 2.26. The van der Waals surface area contributed by atoms with Crippen molar-refractivity contribution >= 4 is 17.6 Å². The summed E-state index contributed by atoms with van der Waals surface area (Å²) in [4.78, 5) is 22.8. The van der Waals surface area contributed by atoms with Gasteiger partial charge in [0.25, 0.3) is 0 Å². The van der Waals surface area contributed by atoms with Gasteiger partial charge in [0.15, 0.2) is 0 Å². The standard InChI is InChI=1S/C9H14N2O5/c1-8(2,3)11-7(13)9(14,15)5(10-11)6(12)16-4/h14-15H,1-4H3. The van der Waals surface area contributed by atoms with Crippen molar-refractivity contribution in [3.05, 3.63) is 0 Å². The van der Waals surface area contributed by atoms with Crippen LogP contribution in [0.1, 0.15) is 20.8 Å². The molecule has 0 saturated heterocycles. The fourth-order valence-electron chi connectivity index (χ4n) is 1.20. The SMILES string of the molecule is COC(=O)C1=NN(C(C)(C)C)C(=O)C1(O)O. The van der Waals surface area contributed by atoms with Gasteiger partial charge >= 0.3 is 17.7 Å². The Morgan fingerprint density at radius 2 is 1.94 bits per heavy atom. The Hall–Kier alpha value is -1.47. The first-order valence-electron chi connectivity index (χ1n) is 4.59. The Labute approximate surface area is 92.3 Å². The van der Waals surface area contributed by atoms with Crippen LogP contribution in [-0.4, -0.2) is 51.2 Å². The normalized spacial score (nSPS) is 19.8. The Balaban J connectivity index is 3.19. The zero-order valence-corrected chi connectivity index (χ0v) is 9.51. The molecule has 7 nitrogen and oxygen atoms in total. The van der Waals surface area contributed by atoms with Crippen LogP contribution in [0.15, 0.2) is 5.10 Å². The minimum absolute atomic E-state index is 0.727. The Bertz CT molecular complexity index is 367. The average Bonchev–Trinajstić information content (AvgIpc) is 2.37. The molecular weight excluding hydrogens is 216 g/mol. The predicted octanol–water partition coefficient (Wildman–Crippen LogP) is -1.16. The number of methoxy groups -OCH3 is 1. The lowest BCUT2D eigenvalue weighted by atomic mass is 10.1. The number of hydrogen-bond acceptors (Lipinski definition) is 6. The number of carbonyl (C=O) groups is 2. The van der Waals surface area contributed by atoms with Gasteiger partial charge in [0.2, 0.25) is 5.71 Å². The summed E-state index contributed by atoms with van der Waals surface area (Å²) in [6.45, 7) is 4.93. The van der Waals surface area contributed by atoms with Gasteiger partial charge < -0.3 is 14.9 Å². The molecular formula is C9H14N2O5. The van der Waals surface area contributed by atoms with Gasteiger partial charge in [-0.15, -0.1) is 0 Å². The van der Waals surface area contributed by atoms with Crippen molar-refractivity contribution in [1.82, 2.24) is 5.01 Å². The van der Waals surface area contributed by atoms with Crippen LogP contribution in [0.25, 0.3) is 0 Å². The topological polar surface area (TPSA) is 99.4 Å². The molecule has 0 aromatic heterocycles. The largest absolute Gasteiger partial charge is 0.464 e. The summed E-state index contributed by atoms with van der Waals surface area (Å²) in [7, 11) is 1.06. The van der Waals surface area contributed by atoms with Crippen LogP contribution in [0.3, 0.4) is 0 Å². The fraction of sp³-hybridized carbons (Fsp3) is 0.667. The van der Waals surface area contributed by atoms with E-state index in [0.29, 0.717) is 0 Å². The minimum Gasteiger partial charge on any atom is -0.464 e. The van der Waals surface area contributed by atoms with Crippen LogP contribution in [0.4, 0.5) is 0 Å². The van der Waals surface area contributed by atoms with E-state index in [0.717, 1.165) is 12.1 Å². The van der Waals surface area contributed by atoms with Crippen LogP contribution in [-0.2, 0) is 14.3 Å². The molecule has 0 aromatic rings. The molecule has 0 aliphatic carbocycles. The van der Waals surface area contributed by atoms with Crippen molar-refractivity contribution in [2.75, 3.05) is 7.11 Å². The molecule has 0 atom stereocenters. The van der Waals surface area contributed by atoms with E-state index in [9.17, 15) is 19.8 Å². The molecule has 1 rings (SSSR count). The van der Waals surface area contributed by atoms with Crippen LogP contribution in [0.5, 0.6) is 0 Å². The molecule has 0 spiro atoms. The van der Waals surface area contributed by atoms with Crippen LogP contribution in [0, 0.1) is 0 Å². The Morgan fingerprint density at radius 3 is 2.25 bits per heavy atom. The van der Waals surface area contributed by atoms with Gasteiger partial charge in [-0.3, -0.25) is 4.79 Å². The second-order valence-electron chi connectivity index (χ2n) is 4.40. The Morgan fingerprint density at radius 1 is 1.44 bits per heavy atom. The molecule has 0 fully saturated rings. The number of carbonyl (C=O) groups excluding carboxylic acids is 2. The monoisotopic (exact) mass is 230 g/mol. The second-order valence-corrected chi connectivity index (χ2v) is 4.40. The number of hydrogen-bond donors (Lipinski definition) is 2. The lowest BCUT2D eigenvalue weighted by Crippen LogP contribution is -2.52. The molecule has 1 amide bonds. The van der Waals surface area contributed by atoms with Gasteiger partial charge in [-0.2, -0.15) is 5.10 Å². The van der Waals surface area contributed by atoms with Crippen LogP contribution < -0.4 is 0 Å². The number of aliphatic hydroxyl groups is 2. The van der Waals surface area contributed by atoms with Gasteiger partial charge in [0.05, 0.1) is 12.6 Å². The zero-order valence-electron chi connectivity index (χ0n) is 9.51. The number of amides is 1. The highest BCUT2D eigenvalue weighted by molar-refractivity contribution is 6.45. The average molecular weight is 230 g/mol. The molecule has 0 bridgehead atoms. The third kappa shape index (κ3) is 1.79. The first-order chi connectivity index (χ1) is 7.12. The maximum Gasteiger partial charge on any atom is 0.360 e. The second kappa shape index (κ2) is 3.53. The summed E-state index contributed by atoms with van der Waals surface area (Å²) < 4.78 is 4.31. The molecule has 1 heterocycles. The van der Waals surface area contributed by atoms with E-state index < -0.39 is 28.9 Å². The van der Waals surface area contributed by atoms with Crippen LogP contribution in [0.2, 0.25) is 0 Å². The number of rotatable bonds is 1. The van der Waals surface area contributed by atoms with E-state index in [1.807, 2.05) is 0 Å². The summed E-state index contributed by atoms with van der Waals surface area (Å²) in [5, 5.41) is 23.4. The maximum absolute atomic E-state index is 11.6. The molecule has 2 N–H and O–H groups in total. The fourth-order valence-corrected chi connectivity index (χ4v) is 1.20. The first kappa shape index (κ1) is 12.6. The third-order valence-corrected chi connectivity index (χ3v) is 2.03. The van der Waals surface area contributed by atoms with Crippen molar-refractivity contribution in [2.24, 2.45) is 5.10 Å². The van der Waals surface area contributed by atoms with Crippen molar-refractivity contribution in [1.29, 1.82) is 0 Å². The van der Waals surface area contributed by atoms with Crippen molar-refractivity contribution in [3.63, 3.8) is 0 Å². The number of nitrogens with zero attached hydrogens (tertiary/aromatic N) is 2. The highest BCUT2D eigenvalue weighted by Gasteiger charge is 2.55. The van der Waals surface area contributed by atoms with E-state index in [1.165, 1.54) is 0 Å². The predicted molar refractivity (Wildman–Crippen MR) is 53.2 cm³/mol. The zero-order chi connectivity index (χ0) is 12.7. The lowest BCUT2D eigenvalue weighted by molar-refractivity contribution is -0.173. The first-order valence-corrected chi connectivity index (χ1v) is 4.59. The molecule has 0 radical (unpaired) electrons. The number of esters is 1. The van der Waals surface area contributed by atoms with Gasteiger partial charge in [-0.1, -0.05) is 0 Å². The van der Waals surface area contributed by atoms with E-state index in [-0.39, 0.29) is 0 Å². The van der Waals surface area contributed by atoms with Gasteiger partial charge in [-0.05, 0) is 20.8 Å². The molecule has 7 heteroatoms. The quantitative estimate of drug-likeness (QED) is 0.437.